The van der Waals surface area contributed by atoms with E-state index in [0.29, 0.717) is 0 Å². The molecule has 0 aliphatic rings. The van der Waals surface area contributed by atoms with Gasteiger partial charge in [0.2, 0.25) is 0 Å². The molecule has 31 heavy (non-hydrogen) atoms. The first kappa shape index (κ1) is 20.8. The number of rotatable bonds is 6. The van der Waals surface area contributed by atoms with Gasteiger partial charge in [0.1, 0.15) is 0 Å². The van der Waals surface area contributed by atoms with Crippen LogP contribution in [0.3, 0.4) is 0 Å². The van der Waals surface area contributed by atoms with Crippen LogP contribution in [0, 0.1) is 0 Å². The van der Waals surface area contributed by atoms with Crippen LogP contribution in [-0.4, -0.2) is 0 Å². The lowest BCUT2D eigenvalue weighted by Crippen LogP contribution is -2.27. The van der Waals surface area contributed by atoms with Crippen molar-refractivity contribution in [2.24, 2.45) is 0 Å². The summed E-state index contributed by atoms with van der Waals surface area (Å²) < 4.78 is 0. The molecule has 0 bridgehead atoms. The Balaban J connectivity index is 2.19. The average molecular weight is 417 g/mol. The molecule has 0 amide bonds. The summed E-state index contributed by atoms with van der Waals surface area (Å²) in [6.45, 7) is 16.7. The summed E-state index contributed by atoms with van der Waals surface area (Å²) >= 11 is 0. The zero-order valence-electron chi connectivity index (χ0n) is 17.6. The molecule has 0 saturated heterocycles. The number of allylic oxidation sites excluding steroid dienone is 1. The van der Waals surface area contributed by atoms with Gasteiger partial charge in [-0.1, -0.05) is 129 Å². The summed E-state index contributed by atoms with van der Waals surface area (Å²) in [6, 6.07) is 29.9. The standard InChI is InChI=1S/C30H25P/c1-5-23-16-12-20-29(25(23)6-2)31(28(7-3)26-18-10-8-14-22(26)4)30-21-13-17-24-15-9-11-19-27(24)30/h5-21H,1-4H2/b28-26+. The van der Waals surface area contributed by atoms with Crippen molar-refractivity contribution in [1.82, 2.24) is 0 Å². The first-order chi connectivity index (χ1) is 15.2. The van der Waals surface area contributed by atoms with E-state index in [9.17, 15) is 0 Å². The summed E-state index contributed by atoms with van der Waals surface area (Å²) in [5.74, 6) is 0. The Hall–Kier alpha value is -3.47. The van der Waals surface area contributed by atoms with Crippen LogP contribution in [0.25, 0.3) is 34.8 Å². The van der Waals surface area contributed by atoms with Crippen molar-refractivity contribution in [2.75, 3.05) is 0 Å². The summed E-state index contributed by atoms with van der Waals surface area (Å²) in [5, 5.41) is 8.38. The molecule has 1 unspecified atom stereocenters. The van der Waals surface area contributed by atoms with Crippen LogP contribution in [0.1, 0.15) is 11.1 Å². The van der Waals surface area contributed by atoms with Gasteiger partial charge in [-0.05, 0) is 56.2 Å². The summed E-state index contributed by atoms with van der Waals surface area (Å²) in [6.07, 6.45) is 5.86. The minimum Gasteiger partial charge on any atom is -0.0984 e. The minimum atomic E-state index is -0.916. The van der Waals surface area contributed by atoms with E-state index in [4.69, 9.17) is 0 Å². The van der Waals surface area contributed by atoms with Gasteiger partial charge < -0.3 is 0 Å². The molecule has 0 aromatic heterocycles. The van der Waals surface area contributed by atoms with Crippen molar-refractivity contribution < 1.29 is 0 Å². The second-order valence-electron chi connectivity index (χ2n) is 7.27. The highest BCUT2D eigenvalue weighted by Crippen LogP contribution is 2.47. The highest BCUT2D eigenvalue weighted by molar-refractivity contribution is 7.82. The Morgan fingerprint density at radius 3 is 2.10 bits per heavy atom. The van der Waals surface area contributed by atoms with Crippen LogP contribution in [-0.2, 0) is 0 Å². The second-order valence-corrected chi connectivity index (χ2v) is 9.38. The third-order valence-electron chi connectivity index (χ3n) is 5.52. The molecule has 4 aromatic rings. The number of fused-ring (bicyclic) bond motifs is 1. The lowest BCUT2D eigenvalue weighted by Gasteiger charge is -2.25. The summed E-state index contributed by atoms with van der Waals surface area (Å²) in [4.78, 5) is 0. The monoisotopic (exact) mass is 416 g/mol. The summed E-state index contributed by atoms with van der Waals surface area (Å²) in [5.41, 5.74) is 2.21. The van der Waals surface area contributed by atoms with Gasteiger partial charge >= 0.3 is 0 Å². The van der Waals surface area contributed by atoms with Gasteiger partial charge in [0.25, 0.3) is 0 Å². The molecule has 0 aliphatic carbocycles. The Bertz CT molecular complexity index is 1400. The molecule has 4 aromatic carbocycles. The Kier molecular flexibility index (Phi) is 6.12. The molecule has 0 heterocycles. The maximum Gasteiger partial charge on any atom is -0.00722 e. The van der Waals surface area contributed by atoms with E-state index in [1.54, 1.807) is 0 Å². The van der Waals surface area contributed by atoms with Gasteiger partial charge in [-0.3, -0.25) is 0 Å². The van der Waals surface area contributed by atoms with Gasteiger partial charge in [0, 0.05) is 0 Å². The van der Waals surface area contributed by atoms with E-state index in [0.717, 1.165) is 21.6 Å². The molecule has 4 rings (SSSR count). The van der Waals surface area contributed by atoms with Gasteiger partial charge in [-0.15, -0.1) is 0 Å². The highest BCUT2D eigenvalue weighted by atomic mass is 31.1. The fourth-order valence-corrected chi connectivity index (χ4v) is 6.85. The summed E-state index contributed by atoms with van der Waals surface area (Å²) in [7, 11) is -0.916. The maximum atomic E-state index is 4.30. The average Bonchev–Trinajstić information content (AvgIpc) is 2.82. The molecular weight excluding hydrogens is 391 g/mol. The topological polar surface area (TPSA) is 0 Å². The van der Waals surface area contributed by atoms with Crippen LogP contribution in [0.5, 0.6) is 0 Å². The molecule has 0 nitrogen and oxygen atoms in total. The zero-order valence-corrected chi connectivity index (χ0v) is 18.5. The number of hydrogen-bond donors (Lipinski definition) is 0. The van der Waals surface area contributed by atoms with Crippen LogP contribution in [0.2, 0.25) is 0 Å². The van der Waals surface area contributed by atoms with Gasteiger partial charge in [-0.25, -0.2) is 0 Å². The number of benzene rings is 4. The quantitative estimate of drug-likeness (QED) is 0.340. The first-order valence-corrected chi connectivity index (χ1v) is 11.6. The van der Waals surface area contributed by atoms with Crippen LogP contribution in [0.15, 0.2) is 111 Å². The lowest BCUT2D eigenvalue weighted by molar-refractivity contribution is 1.53. The van der Waals surface area contributed by atoms with Crippen molar-refractivity contribution >= 4 is 53.3 Å². The molecule has 1 heteroatoms. The third kappa shape index (κ3) is 3.83. The largest absolute Gasteiger partial charge is 0.0984 e. The maximum absolute atomic E-state index is 4.30. The molecular formula is C30H25P. The molecule has 150 valence electrons. The van der Waals surface area contributed by atoms with Crippen LogP contribution >= 0.6 is 7.92 Å². The van der Waals surface area contributed by atoms with E-state index < -0.39 is 7.92 Å². The minimum absolute atomic E-state index is 0.916. The molecule has 0 fully saturated rings. The van der Waals surface area contributed by atoms with Crippen LogP contribution < -0.4 is 21.0 Å². The molecule has 0 spiro atoms. The van der Waals surface area contributed by atoms with Crippen molar-refractivity contribution in [2.45, 2.75) is 0 Å². The van der Waals surface area contributed by atoms with Crippen molar-refractivity contribution in [1.29, 1.82) is 0 Å². The molecule has 0 radical (unpaired) electrons. The predicted octanol–water partition coefficient (Wildman–Crippen LogP) is 5.96. The lowest BCUT2D eigenvalue weighted by atomic mass is 10.1. The van der Waals surface area contributed by atoms with E-state index in [2.05, 4.69) is 105 Å². The normalized spacial score (nSPS) is 12.8. The smallest absolute Gasteiger partial charge is 0.00722 e. The van der Waals surface area contributed by atoms with E-state index in [-0.39, 0.29) is 0 Å². The fourth-order valence-electron chi connectivity index (χ4n) is 4.05. The Morgan fingerprint density at radius 2 is 1.35 bits per heavy atom. The molecule has 0 saturated carbocycles. The van der Waals surface area contributed by atoms with Gasteiger partial charge in [0.15, 0.2) is 0 Å². The van der Waals surface area contributed by atoms with E-state index >= 15 is 0 Å². The first-order valence-electron chi connectivity index (χ1n) is 10.3. The Morgan fingerprint density at radius 1 is 0.677 bits per heavy atom. The Labute approximate surface area is 185 Å². The van der Waals surface area contributed by atoms with E-state index in [1.165, 1.54) is 26.7 Å². The highest BCUT2D eigenvalue weighted by Gasteiger charge is 2.23. The number of hydrogen-bond acceptors (Lipinski definition) is 0. The van der Waals surface area contributed by atoms with Crippen LogP contribution in [0.4, 0.5) is 0 Å². The van der Waals surface area contributed by atoms with E-state index in [1.807, 2.05) is 24.3 Å². The van der Waals surface area contributed by atoms with Crippen molar-refractivity contribution in [3.8, 4) is 0 Å². The van der Waals surface area contributed by atoms with Crippen molar-refractivity contribution in [3.63, 3.8) is 0 Å². The zero-order chi connectivity index (χ0) is 21.8. The SMILES string of the molecule is C=C/C(=c1/ccccc1=C)P(c1cccc(C=C)c1C=C)c1cccc2ccccc12. The van der Waals surface area contributed by atoms with Crippen molar-refractivity contribution in [3.05, 3.63) is 132 Å². The molecule has 1 atom stereocenters. The van der Waals surface area contributed by atoms with Gasteiger partial charge in [-0.2, -0.15) is 0 Å². The predicted molar refractivity (Wildman–Crippen MR) is 142 cm³/mol. The molecule has 0 N–H and O–H groups in total. The second kappa shape index (κ2) is 9.13. The molecule has 0 aliphatic heterocycles. The van der Waals surface area contributed by atoms with Gasteiger partial charge in [0.05, 0.1) is 0 Å². The fraction of sp³-hybridized carbons (Fsp3) is 0. The third-order valence-corrected chi connectivity index (χ3v) is 8.17.